The molecule has 2 aromatic rings. The van der Waals surface area contributed by atoms with Gasteiger partial charge in [-0.1, -0.05) is 0 Å². The molecule has 90 valence electrons. The van der Waals surface area contributed by atoms with E-state index in [0.29, 0.717) is 5.69 Å². The second-order valence-electron chi connectivity index (χ2n) is 3.63. The van der Waals surface area contributed by atoms with Crippen molar-refractivity contribution in [2.75, 3.05) is 0 Å². The van der Waals surface area contributed by atoms with Crippen molar-refractivity contribution in [3.63, 3.8) is 0 Å². The van der Waals surface area contributed by atoms with Crippen molar-refractivity contribution in [3.05, 3.63) is 54.0 Å². The summed E-state index contributed by atoms with van der Waals surface area (Å²) < 4.78 is 12.7. The molecule has 0 spiro atoms. The van der Waals surface area contributed by atoms with Gasteiger partial charge < -0.3 is 5.73 Å². The first-order valence-corrected chi connectivity index (χ1v) is 5.14. The maximum Gasteiger partial charge on any atom is 0.289 e. The second kappa shape index (κ2) is 4.75. The Morgan fingerprint density at radius 1 is 1.06 bits per heavy atom. The fraction of sp³-hybridized carbons (Fsp3) is 0. The van der Waals surface area contributed by atoms with E-state index < -0.39 is 11.7 Å². The van der Waals surface area contributed by atoms with Gasteiger partial charge in [0.2, 0.25) is 0 Å². The molecular formula is C13H9FN2O2. The number of halogens is 1. The van der Waals surface area contributed by atoms with Gasteiger partial charge in [0, 0.05) is 17.3 Å². The molecule has 0 aliphatic carbocycles. The van der Waals surface area contributed by atoms with Crippen LogP contribution in [-0.2, 0) is 4.79 Å². The summed E-state index contributed by atoms with van der Waals surface area (Å²) in [4.78, 5) is 26.0. The highest BCUT2D eigenvalue weighted by atomic mass is 19.1. The minimum absolute atomic E-state index is 0.133. The average molecular weight is 244 g/mol. The largest absolute Gasteiger partial charge is 0.363 e. The van der Waals surface area contributed by atoms with E-state index in [1.165, 1.54) is 24.4 Å². The number of ketones is 1. The van der Waals surface area contributed by atoms with Crippen molar-refractivity contribution in [3.8, 4) is 11.3 Å². The third-order valence-corrected chi connectivity index (χ3v) is 2.39. The monoisotopic (exact) mass is 244 g/mol. The first-order valence-electron chi connectivity index (χ1n) is 5.14. The fourth-order valence-electron chi connectivity index (χ4n) is 1.46. The van der Waals surface area contributed by atoms with Crippen LogP contribution >= 0.6 is 0 Å². The van der Waals surface area contributed by atoms with Gasteiger partial charge in [0.15, 0.2) is 0 Å². The van der Waals surface area contributed by atoms with Crippen molar-refractivity contribution < 1.29 is 14.0 Å². The fourth-order valence-corrected chi connectivity index (χ4v) is 1.46. The Hall–Kier alpha value is -2.56. The minimum Gasteiger partial charge on any atom is -0.363 e. The number of hydrogen-bond acceptors (Lipinski definition) is 3. The number of Topliss-reactive ketones (excluding diaryl/α,β-unsaturated/α-hetero) is 1. The molecule has 1 heterocycles. The zero-order chi connectivity index (χ0) is 13.1. The molecule has 0 atom stereocenters. The highest BCUT2D eigenvalue weighted by Crippen LogP contribution is 2.17. The Morgan fingerprint density at radius 3 is 2.22 bits per heavy atom. The van der Waals surface area contributed by atoms with Gasteiger partial charge in [-0.15, -0.1) is 0 Å². The van der Waals surface area contributed by atoms with E-state index >= 15 is 0 Å². The van der Waals surface area contributed by atoms with Crippen LogP contribution in [0.1, 0.15) is 10.4 Å². The van der Waals surface area contributed by atoms with Crippen LogP contribution in [0.4, 0.5) is 4.39 Å². The summed E-state index contributed by atoms with van der Waals surface area (Å²) in [7, 11) is 0. The number of amides is 1. The molecule has 1 aromatic heterocycles. The number of primary amides is 1. The number of benzene rings is 1. The van der Waals surface area contributed by atoms with Gasteiger partial charge in [-0.3, -0.25) is 14.6 Å². The van der Waals surface area contributed by atoms with E-state index in [4.69, 9.17) is 5.73 Å². The number of carbonyl (C=O) groups excluding carboxylic acids is 2. The lowest BCUT2D eigenvalue weighted by Crippen LogP contribution is -2.23. The maximum absolute atomic E-state index is 12.7. The highest BCUT2D eigenvalue weighted by molar-refractivity contribution is 6.42. The van der Waals surface area contributed by atoms with Crippen LogP contribution in [0.15, 0.2) is 42.6 Å². The number of carbonyl (C=O) groups is 2. The number of pyridine rings is 1. The smallest absolute Gasteiger partial charge is 0.289 e. The minimum atomic E-state index is -1.02. The van der Waals surface area contributed by atoms with Crippen LogP contribution in [-0.4, -0.2) is 16.7 Å². The molecule has 0 bridgehead atoms. The summed E-state index contributed by atoms with van der Waals surface area (Å²) in [6, 6.07) is 8.82. The van der Waals surface area contributed by atoms with Crippen LogP contribution in [0.3, 0.4) is 0 Å². The van der Waals surface area contributed by atoms with Gasteiger partial charge in [-0.25, -0.2) is 4.39 Å². The lowest BCUT2D eigenvalue weighted by Gasteiger charge is -2.01. The molecule has 0 saturated heterocycles. The Labute approximate surface area is 102 Å². The lowest BCUT2D eigenvalue weighted by molar-refractivity contribution is -0.114. The van der Waals surface area contributed by atoms with Crippen LogP contribution in [0.5, 0.6) is 0 Å². The molecule has 1 aromatic carbocycles. The number of rotatable bonds is 3. The zero-order valence-electron chi connectivity index (χ0n) is 9.26. The summed E-state index contributed by atoms with van der Waals surface area (Å²) in [5.41, 5.74) is 6.31. The van der Waals surface area contributed by atoms with Gasteiger partial charge in [-0.05, 0) is 36.4 Å². The number of hydrogen-bond donors (Lipinski definition) is 1. The standard InChI is InChI=1S/C13H9FN2O2/c14-10-4-1-8(2-5-10)11-6-3-9(7-16-11)12(17)13(15)18/h1-7H,(H2,15,18). The van der Waals surface area contributed by atoms with E-state index in [-0.39, 0.29) is 11.4 Å². The number of nitrogens with two attached hydrogens (primary N) is 1. The normalized spacial score (nSPS) is 10.1. The SMILES string of the molecule is NC(=O)C(=O)c1ccc(-c2ccc(F)cc2)nc1. The van der Waals surface area contributed by atoms with Crippen molar-refractivity contribution in [1.82, 2.24) is 4.98 Å². The number of nitrogens with zero attached hydrogens (tertiary/aromatic N) is 1. The van der Waals surface area contributed by atoms with Crippen molar-refractivity contribution in [2.24, 2.45) is 5.73 Å². The van der Waals surface area contributed by atoms with Crippen LogP contribution in [0.25, 0.3) is 11.3 Å². The molecule has 0 radical (unpaired) electrons. The van der Waals surface area contributed by atoms with Gasteiger partial charge in [0.25, 0.3) is 11.7 Å². The number of aromatic nitrogens is 1. The van der Waals surface area contributed by atoms with E-state index in [9.17, 15) is 14.0 Å². The second-order valence-corrected chi connectivity index (χ2v) is 3.63. The van der Waals surface area contributed by atoms with E-state index in [2.05, 4.69) is 4.98 Å². The molecule has 2 N–H and O–H groups in total. The van der Waals surface area contributed by atoms with Crippen molar-refractivity contribution >= 4 is 11.7 Å². The third kappa shape index (κ3) is 2.40. The van der Waals surface area contributed by atoms with Gasteiger partial charge in [0.05, 0.1) is 5.69 Å². The van der Waals surface area contributed by atoms with E-state index in [1.807, 2.05) is 0 Å². The van der Waals surface area contributed by atoms with Crippen LogP contribution in [0.2, 0.25) is 0 Å². The molecular weight excluding hydrogens is 235 g/mol. The molecule has 0 saturated carbocycles. The molecule has 1 amide bonds. The molecule has 0 fully saturated rings. The van der Waals surface area contributed by atoms with E-state index in [0.717, 1.165) is 5.56 Å². The van der Waals surface area contributed by atoms with Gasteiger partial charge in [0.1, 0.15) is 5.82 Å². The third-order valence-electron chi connectivity index (χ3n) is 2.39. The highest BCUT2D eigenvalue weighted by Gasteiger charge is 2.12. The first-order chi connectivity index (χ1) is 8.58. The molecule has 2 rings (SSSR count). The Morgan fingerprint density at radius 2 is 1.72 bits per heavy atom. The molecule has 18 heavy (non-hydrogen) atoms. The first kappa shape index (κ1) is 11.9. The summed E-state index contributed by atoms with van der Waals surface area (Å²) in [6.45, 7) is 0. The predicted octanol–water partition coefficient (Wildman–Crippen LogP) is 1.56. The van der Waals surface area contributed by atoms with Crippen molar-refractivity contribution in [1.29, 1.82) is 0 Å². The van der Waals surface area contributed by atoms with Crippen molar-refractivity contribution in [2.45, 2.75) is 0 Å². The summed E-state index contributed by atoms with van der Waals surface area (Å²) in [5.74, 6) is -2.14. The molecule has 5 heteroatoms. The Balaban J connectivity index is 2.30. The summed E-state index contributed by atoms with van der Waals surface area (Å²) in [5, 5.41) is 0. The summed E-state index contributed by atoms with van der Waals surface area (Å²) in [6.07, 6.45) is 1.27. The van der Waals surface area contributed by atoms with Gasteiger partial charge >= 0.3 is 0 Å². The van der Waals surface area contributed by atoms with E-state index in [1.54, 1.807) is 18.2 Å². The predicted molar refractivity (Wildman–Crippen MR) is 63.2 cm³/mol. The van der Waals surface area contributed by atoms with Crippen LogP contribution in [0, 0.1) is 5.82 Å². The quantitative estimate of drug-likeness (QED) is 0.657. The topological polar surface area (TPSA) is 73.1 Å². The molecule has 4 nitrogen and oxygen atoms in total. The van der Waals surface area contributed by atoms with Crippen LogP contribution < -0.4 is 5.73 Å². The van der Waals surface area contributed by atoms with Gasteiger partial charge in [-0.2, -0.15) is 0 Å². The summed E-state index contributed by atoms with van der Waals surface area (Å²) >= 11 is 0. The Kier molecular flexibility index (Phi) is 3.14. The molecule has 0 aliphatic rings. The Bertz CT molecular complexity index is 591. The zero-order valence-corrected chi connectivity index (χ0v) is 9.26. The average Bonchev–Trinajstić information content (AvgIpc) is 2.39. The molecule has 0 aliphatic heterocycles. The lowest BCUT2D eigenvalue weighted by atomic mass is 10.1. The maximum atomic E-state index is 12.7. The molecule has 0 unspecified atom stereocenters.